The molecular formula is C18H20N2O6S. The summed E-state index contributed by atoms with van der Waals surface area (Å²) in [6.45, 7) is 2.42. The molecule has 1 fully saturated rings. The summed E-state index contributed by atoms with van der Waals surface area (Å²) < 4.78 is 31.5. The van der Waals surface area contributed by atoms with Crippen molar-refractivity contribution in [2.45, 2.75) is 37.4 Å². The third-order valence-electron chi connectivity index (χ3n) is 4.41. The number of rotatable bonds is 6. The fourth-order valence-electron chi connectivity index (χ4n) is 3.11. The van der Waals surface area contributed by atoms with Gasteiger partial charge in [0.15, 0.2) is 0 Å². The molecule has 0 aliphatic carbocycles. The number of hydrogen-bond donors (Lipinski definition) is 2. The summed E-state index contributed by atoms with van der Waals surface area (Å²) in [6, 6.07) is 8.99. The lowest BCUT2D eigenvalue weighted by molar-refractivity contribution is -0.124. The summed E-state index contributed by atoms with van der Waals surface area (Å²) in [4.78, 5) is 23.5. The number of sulfonamides is 1. The lowest BCUT2D eigenvalue weighted by Crippen LogP contribution is -2.45. The second-order valence-corrected chi connectivity index (χ2v) is 8.23. The molecule has 27 heavy (non-hydrogen) atoms. The Morgan fingerprint density at radius 2 is 2.07 bits per heavy atom. The molecule has 2 N–H and O–H groups in total. The number of nitrogens with zero attached hydrogens (tertiary/aromatic N) is 1. The maximum atomic E-state index is 12.8. The molecule has 2 heterocycles. The van der Waals surface area contributed by atoms with Gasteiger partial charge in [0.1, 0.15) is 6.04 Å². The van der Waals surface area contributed by atoms with Crippen molar-refractivity contribution in [3.05, 3.63) is 53.3 Å². The van der Waals surface area contributed by atoms with Crippen LogP contribution >= 0.6 is 0 Å². The number of carbonyl (C=O) groups is 2. The molecule has 1 atom stereocenters. The SMILES string of the molecule is Cc1cccc(CNC(=O)C2CCCN2S(=O)(=O)c2ccc(C(=O)O)o2)c1. The van der Waals surface area contributed by atoms with Crippen molar-refractivity contribution >= 4 is 21.9 Å². The van der Waals surface area contributed by atoms with Crippen LogP contribution in [0.3, 0.4) is 0 Å². The van der Waals surface area contributed by atoms with Crippen LogP contribution in [0.1, 0.15) is 34.5 Å². The van der Waals surface area contributed by atoms with Gasteiger partial charge in [-0.05, 0) is 37.5 Å². The molecule has 0 spiro atoms. The minimum absolute atomic E-state index is 0.175. The van der Waals surface area contributed by atoms with Gasteiger partial charge in [-0.25, -0.2) is 13.2 Å². The van der Waals surface area contributed by atoms with E-state index in [2.05, 4.69) is 5.32 Å². The smallest absolute Gasteiger partial charge is 0.371 e. The molecule has 0 bridgehead atoms. The molecule has 0 saturated carbocycles. The Bertz CT molecular complexity index is 966. The van der Waals surface area contributed by atoms with Crippen LogP contribution in [0.5, 0.6) is 0 Å². The first-order valence-electron chi connectivity index (χ1n) is 8.47. The Kier molecular flexibility index (Phi) is 5.33. The fourth-order valence-corrected chi connectivity index (χ4v) is 4.68. The van der Waals surface area contributed by atoms with E-state index in [-0.39, 0.29) is 12.5 Å². The van der Waals surface area contributed by atoms with Crippen molar-refractivity contribution in [2.24, 2.45) is 0 Å². The van der Waals surface area contributed by atoms with Crippen LogP contribution in [0.15, 0.2) is 45.9 Å². The topological polar surface area (TPSA) is 117 Å². The number of furan rings is 1. The van der Waals surface area contributed by atoms with Crippen LogP contribution in [-0.2, 0) is 21.4 Å². The summed E-state index contributed by atoms with van der Waals surface area (Å²) in [7, 11) is -4.09. The van der Waals surface area contributed by atoms with Crippen molar-refractivity contribution in [1.29, 1.82) is 0 Å². The second kappa shape index (κ2) is 7.53. The van der Waals surface area contributed by atoms with Crippen molar-refractivity contribution < 1.29 is 27.5 Å². The minimum atomic E-state index is -4.09. The molecule has 1 unspecified atom stereocenters. The summed E-state index contributed by atoms with van der Waals surface area (Å²) in [5.41, 5.74) is 1.99. The van der Waals surface area contributed by atoms with Gasteiger partial charge >= 0.3 is 5.97 Å². The minimum Gasteiger partial charge on any atom is -0.475 e. The van der Waals surface area contributed by atoms with Crippen molar-refractivity contribution in [3.63, 3.8) is 0 Å². The van der Waals surface area contributed by atoms with Gasteiger partial charge in [0, 0.05) is 13.1 Å². The van der Waals surface area contributed by atoms with Crippen LogP contribution in [0.25, 0.3) is 0 Å². The highest BCUT2D eigenvalue weighted by atomic mass is 32.2. The number of carbonyl (C=O) groups excluding carboxylic acids is 1. The third-order valence-corrected chi connectivity index (χ3v) is 6.19. The quantitative estimate of drug-likeness (QED) is 0.774. The highest BCUT2D eigenvalue weighted by Gasteiger charge is 2.41. The van der Waals surface area contributed by atoms with Gasteiger partial charge in [0.05, 0.1) is 0 Å². The Hall–Kier alpha value is -2.65. The van der Waals surface area contributed by atoms with E-state index in [9.17, 15) is 18.0 Å². The van der Waals surface area contributed by atoms with Gasteiger partial charge in [-0.2, -0.15) is 4.31 Å². The van der Waals surface area contributed by atoms with Gasteiger partial charge in [0.25, 0.3) is 10.0 Å². The number of amides is 1. The predicted octanol–water partition coefficient (Wildman–Crippen LogP) is 1.76. The Morgan fingerprint density at radius 1 is 1.30 bits per heavy atom. The van der Waals surface area contributed by atoms with E-state index in [1.54, 1.807) is 0 Å². The maximum absolute atomic E-state index is 12.8. The molecule has 9 heteroatoms. The van der Waals surface area contributed by atoms with Crippen LogP contribution in [0.2, 0.25) is 0 Å². The Labute approximate surface area is 156 Å². The number of nitrogens with one attached hydrogen (secondary N) is 1. The van der Waals surface area contributed by atoms with E-state index < -0.39 is 32.9 Å². The van der Waals surface area contributed by atoms with Crippen LogP contribution in [0, 0.1) is 6.92 Å². The molecule has 3 rings (SSSR count). The largest absolute Gasteiger partial charge is 0.475 e. The van der Waals surface area contributed by atoms with Gasteiger partial charge in [-0.3, -0.25) is 4.79 Å². The van der Waals surface area contributed by atoms with E-state index in [1.165, 1.54) is 0 Å². The normalized spacial score (nSPS) is 17.7. The van der Waals surface area contributed by atoms with Crippen molar-refractivity contribution in [2.75, 3.05) is 6.54 Å². The van der Waals surface area contributed by atoms with Crippen molar-refractivity contribution in [3.8, 4) is 0 Å². The van der Waals surface area contributed by atoms with E-state index in [0.29, 0.717) is 19.4 Å². The Morgan fingerprint density at radius 3 is 2.74 bits per heavy atom. The molecule has 8 nitrogen and oxygen atoms in total. The third kappa shape index (κ3) is 4.04. The number of aromatic carboxylic acids is 1. The highest BCUT2D eigenvalue weighted by Crippen LogP contribution is 2.27. The van der Waals surface area contributed by atoms with E-state index >= 15 is 0 Å². The first-order valence-corrected chi connectivity index (χ1v) is 9.91. The lowest BCUT2D eigenvalue weighted by Gasteiger charge is -2.22. The number of hydrogen-bond acceptors (Lipinski definition) is 5. The number of benzene rings is 1. The monoisotopic (exact) mass is 392 g/mol. The van der Waals surface area contributed by atoms with Crippen LogP contribution in [-0.4, -0.2) is 42.3 Å². The molecule has 144 valence electrons. The summed E-state index contributed by atoms with van der Waals surface area (Å²) in [5.74, 6) is -2.21. The average molecular weight is 392 g/mol. The number of carboxylic acid groups (broad SMARTS) is 1. The van der Waals surface area contributed by atoms with E-state index in [4.69, 9.17) is 9.52 Å². The number of carboxylic acids is 1. The first-order chi connectivity index (χ1) is 12.8. The summed E-state index contributed by atoms with van der Waals surface area (Å²) in [6.07, 6.45) is 0.930. The lowest BCUT2D eigenvalue weighted by atomic mass is 10.1. The predicted molar refractivity (Wildman–Crippen MR) is 95.6 cm³/mol. The standard InChI is InChI=1S/C18H20N2O6S/c1-12-4-2-5-13(10-12)11-19-17(21)14-6-3-9-20(14)27(24,25)16-8-7-15(26-16)18(22)23/h2,4-5,7-8,10,14H,3,6,9,11H2,1H3,(H,19,21)(H,22,23). The first kappa shape index (κ1) is 19.1. The molecule has 0 radical (unpaired) electrons. The zero-order valence-corrected chi connectivity index (χ0v) is 15.5. The highest BCUT2D eigenvalue weighted by molar-refractivity contribution is 7.89. The molecule has 1 aliphatic heterocycles. The van der Waals surface area contributed by atoms with Crippen molar-refractivity contribution in [1.82, 2.24) is 9.62 Å². The van der Waals surface area contributed by atoms with Gasteiger partial charge in [-0.1, -0.05) is 29.8 Å². The molecule has 2 aromatic rings. The van der Waals surface area contributed by atoms with Gasteiger partial charge < -0.3 is 14.8 Å². The molecule has 1 amide bonds. The zero-order chi connectivity index (χ0) is 19.6. The molecular weight excluding hydrogens is 372 g/mol. The maximum Gasteiger partial charge on any atom is 0.371 e. The van der Waals surface area contributed by atoms with Crippen LogP contribution in [0.4, 0.5) is 0 Å². The second-order valence-electron chi connectivity index (χ2n) is 6.40. The summed E-state index contributed by atoms with van der Waals surface area (Å²) >= 11 is 0. The van der Waals surface area contributed by atoms with Gasteiger partial charge in [0.2, 0.25) is 16.8 Å². The molecule has 1 aliphatic rings. The molecule has 1 saturated heterocycles. The van der Waals surface area contributed by atoms with Crippen LogP contribution < -0.4 is 5.32 Å². The average Bonchev–Trinajstić information content (AvgIpc) is 3.29. The van der Waals surface area contributed by atoms with E-state index in [1.807, 2.05) is 31.2 Å². The summed E-state index contributed by atoms with van der Waals surface area (Å²) in [5, 5.41) is 11.2. The fraction of sp³-hybridized carbons (Fsp3) is 0.333. The molecule has 1 aromatic carbocycles. The Balaban J connectivity index is 1.73. The van der Waals surface area contributed by atoms with E-state index in [0.717, 1.165) is 27.6 Å². The molecule has 1 aromatic heterocycles. The number of aryl methyl sites for hydroxylation is 1. The van der Waals surface area contributed by atoms with Gasteiger partial charge in [-0.15, -0.1) is 0 Å². The zero-order valence-electron chi connectivity index (χ0n) is 14.7.